The van der Waals surface area contributed by atoms with Gasteiger partial charge in [-0.3, -0.25) is 0 Å². The third kappa shape index (κ3) is 2.15. The molecule has 1 atom stereocenters. The van der Waals surface area contributed by atoms with E-state index in [2.05, 4.69) is 49.0 Å². The fourth-order valence-electron chi connectivity index (χ4n) is 1.88. The average Bonchev–Trinajstić information content (AvgIpc) is 2.29. The standard InChI is InChI=1S/C15H17N/c1-11(2)15(16)10-13-8-5-7-12-6-3-4-9-14(12)13/h3-9,15H,1,10,16H2,2H3. The van der Waals surface area contributed by atoms with Gasteiger partial charge in [-0.1, -0.05) is 54.6 Å². The van der Waals surface area contributed by atoms with E-state index in [4.69, 9.17) is 5.73 Å². The second kappa shape index (κ2) is 4.50. The smallest absolute Gasteiger partial charge is 0.0289 e. The molecule has 0 aliphatic heterocycles. The fraction of sp³-hybridized carbons (Fsp3) is 0.200. The number of fused-ring (bicyclic) bond motifs is 1. The first kappa shape index (κ1) is 10.9. The van der Waals surface area contributed by atoms with Gasteiger partial charge < -0.3 is 5.73 Å². The number of rotatable bonds is 3. The maximum Gasteiger partial charge on any atom is 0.0289 e. The summed E-state index contributed by atoms with van der Waals surface area (Å²) in [4.78, 5) is 0. The van der Waals surface area contributed by atoms with Crippen molar-refractivity contribution in [2.45, 2.75) is 19.4 Å². The van der Waals surface area contributed by atoms with Crippen LogP contribution >= 0.6 is 0 Å². The Morgan fingerprint density at radius 2 is 1.88 bits per heavy atom. The Morgan fingerprint density at radius 1 is 1.19 bits per heavy atom. The molecule has 0 radical (unpaired) electrons. The first-order chi connectivity index (χ1) is 7.68. The summed E-state index contributed by atoms with van der Waals surface area (Å²) < 4.78 is 0. The van der Waals surface area contributed by atoms with Gasteiger partial charge >= 0.3 is 0 Å². The Morgan fingerprint density at radius 3 is 2.62 bits per heavy atom. The lowest BCUT2D eigenvalue weighted by molar-refractivity contribution is 0.770. The molecule has 0 saturated heterocycles. The molecule has 2 N–H and O–H groups in total. The largest absolute Gasteiger partial charge is 0.324 e. The van der Waals surface area contributed by atoms with Gasteiger partial charge in [0.15, 0.2) is 0 Å². The minimum atomic E-state index is 0.0470. The molecule has 0 heterocycles. The minimum absolute atomic E-state index is 0.0470. The Labute approximate surface area is 96.6 Å². The highest BCUT2D eigenvalue weighted by Crippen LogP contribution is 2.20. The van der Waals surface area contributed by atoms with Gasteiger partial charge in [0.05, 0.1) is 0 Å². The predicted molar refractivity (Wildman–Crippen MR) is 70.4 cm³/mol. The van der Waals surface area contributed by atoms with Gasteiger partial charge in [0.25, 0.3) is 0 Å². The zero-order valence-corrected chi connectivity index (χ0v) is 9.61. The van der Waals surface area contributed by atoms with Crippen LogP contribution < -0.4 is 5.73 Å². The normalized spacial score (nSPS) is 12.6. The summed E-state index contributed by atoms with van der Waals surface area (Å²) in [6.45, 7) is 5.89. The lowest BCUT2D eigenvalue weighted by atomic mass is 9.97. The van der Waals surface area contributed by atoms with Crippen LogP contribution in [0.2, 0.25) is 0 Å². The summed E-state index contributed by atoms with van der Waals surface area (Å²) in [5.41, 5.74) is 8.37. The molecule has 1 nitrogen and oxygen atoms in total. The molecule has 0 saturated carbocycles. The van der Waals surface area contributed by atoms with E-state index in [1.54, 1.807) is 0 Å². The van der Waals surface area contributed by atoms with E-state index < -0.39 is 0 Å². The van der Waals surface area contributed by atoms with Gasteiger partial charge in [-0.05, 0) is 29.7 Å². The molecule has 2 rings (SSSR count). The van der Waals surface area contributed by atoms with Crippen LogP contribution in [0.1, 0.15) is 12.5 Å². The van der Waals surface area contributed by atoms with Crippen molar-refractivity contribution in [2.24, 2.45) is 5.73 Å². The highest BCUT2D eigenvalue weighted by molar-refractivity contribution is 5.85. The molecule has 1 heteroatoms. The molecule has 2 aromatic carbocycles. The van der Waals surface area contributed by atoms with E-state index in [0.717, 1.165) is 12.0 Å². The van der Waals surface area contributed by atoms with E-state index in [0.29, 0.717) is 0 Å². The molecule has 82 valence electrons. The van der Waals surface area contributed by atoms with Gasteiger partial charge in [-0.25, -0.2) is 0 Å². The molecule has 0 aromatic heterocycles. The molecule has 0 aliphatic rings. The van der Waals surface area contributed by atoms with E-state index >= 15 is 0 Å². The first-order valence-electron chi connectivity index (χ1n) is 5.56. The summed E-state index contributed by atoms with van der Waals surface area (Å²) in [6.07, 6.45) is 0.858. The Hall–Kier alpha value is -1.60. The van der Waals surface area contributed by atoms with Gasteiger partial charge in [0, 0.05) is 6.04 Å². The van der Waals surface area contributed by atoms with Crippen molar-refractivity contribution in [3.8, 4) is 0 Å². The number of nitrogens with two attached hydrogens (primary N) is 1. The molecule has 0 spiro atoms. The van der Waals surface area contributed by atoms with Crippen molar-refractivity contribution in [2.75, 3.05) is 0 Å². The maximum absolute atomic E-state index is 6.04. The zero-order chi connectivity index (χ0) is 11.5. The SMILES string of the molecule is C=C(C)C(N)Cc1cccc2ccccc12. The zero-order valence-electron chi connectivity index (χ0n) is 9.61. The number of hydrogen-bond donors (Lipinski definition) is 1. The summed E-state index contributed by atoms with van der Waals surface area (Å²) in [6, 6.07) is 14.8. The van der Waals surface area contributed by atoms with Crippen molar-refractivity contribution in [3.63, 3.8) is 0 Å². The van der Waals surface area contributed by atoms with Crippen LogP contribution in [0.25, 0.3) is 10.8 Å². The second-order valence-electron chi connectivity index (χ2n) is 4.30. The van der Waals surface area contributed by atoms with Gasteiger partial charge in [0.1, 0.15) is 0 Å². The second-order valence-corrected chi connectivity index (χ2v) is 4.30. The Kier molecular flexibility index (Phi) is 3.07. The van der Waals surface area contributed by atoms with E-state index in [9.17, 15) is 0 Å². The minimum Gasteiger partial charge on any atom is -0.324 e. The predicted octanol–water partition coefficient (Wildman–Crippen LogP) is 3.29. The van der Waals surface area contributed by atoms with Crippen molar-refractivity contribution in [1.82, 2.24) is 0 Å². The third-order valence-corrected chi connectivity index (χ3v) is 2.95. The van der Waals surface area contributed by atoms with Crippen LogP contribution in [0, 0.1) is 0 Å². The quantitative estimate of drug-likeness (QED) is 0.775. The molecule has 2 aromatic rings. The molecule has 0 aliphatic carbocycles. The van der Waals surface area contributed by atoms with Crippen molar-refractivity contribution in [3.05, 3.63) is 60.2 Å². The molecule has 0 fully saturated rings. The average molecular weight is 211 g/mol. The lowest BCUT2D eigenvalue weighted by Crippen LogP contribution is -2.23. The summed E-state index contributed by atoms with van der Waals surface area (Å²) in [7, 11) is 0. The highest BCUT2D eigenvalue weighted by Gasteiger charge is 2.06. The van der Waals surface area contributed by atoms with E-state index in [1.165, 1.54) is 16.3 Å². The van der Waals surface area contributed by atoms with Crippen molar-refractivity contribution < 1.29 is 0 Å². The molecule has 1 unspecified atom stereocenters. The van der Waals surface area contributed by atoms with Crippen molar-refractivity contribution >= 4 is 10.8 Å². The van der Waals surface area contributed by atoms with Crippen LogP contribution in [-0.2, 0) is 6.42 Å². The highest BCUT2D eigenvalue weighted by atomic mass is 14.6. The maximum atomic E-state index is 6.04. The van der Waals surface area contributed by atoms with Gasteiger partial charge in [-0.2, -0.15) is 0 Å². The van der Waals surface area contributed by atoms with Gasteiger partial charge in [-0.15, -0.1) is 0 Å². The fourth-order valence-corrected chi connectivity index (χ4v) is 1.88. The molecule has 16 heavy (non-hydrogen) atoms. The monoisotopic (exact) mass is 211 g/mol. The summed E-state index contributed by atoms with van der Waals surface area (Å²) in [5, 5.41) is 2.57. The van der Waals surface area contributed by atoms with Crippen LogP contribution in [-0.4, -0.2) is 6.04 Å². The topological polar surface area (TPSA) is 26.0 Å². The van der Waals surface area contributed by atoms with Crippen LogP contribution in [0.4, 0.5) is 0 Å². The summed E-state index contributed by atoms with van der Waals surface area (Å²) >= 11 is 0. The Balaban J connectivity index is 2.41. The van der Waals surface area contributed by atoms with E-state index in [1.807, 2.05) is 6.92 Å². The molecular formula is C15H17N. The van der Waals surface area contributed by atoms with Crippen LogP contribution in [0.5, 0.6) is 0 Å². The first-order valence-corrected chi connectivity index (χ1v) is 5.56. The van der Waals surface area contributed by atoms with Crippen LogP contribution in [0.3, 0.4) is 0 Å². The summed E-state index contributed by atoms with van der Waals surface area (Å²) in [5.74, 6) is 0. The third-order valence-electron chi connectivity index (χ3n) is 2.95. The number of benzene rings is 2. The molecule has 0 bridgehead atoms. The van der Waals surface area contributed by atoms with Gasteiger partial charge in [0.2, 0.25) is 0 Å². The molecular weight excluding hydrogens is 194 g/mol. The Bertz CT molecular complexity index is 508. The van der Waals surface area contributed by atoms with Crippen molar-refractivity contribution in [1.29, 1.82) is 0 Å². The van der Waals surface area contributed by atoms with E-state index in [-0.39, 0.29) is 6.04 Å². The van der Waals surface area contributed by atoms with Crippen LogP contribution in [0.15, 0.2) is 54.6 Å². The lowest BCUT2D eigenvalue weighted by Gasteiger charge is -2.13. The number of hydrogen-bond acceptors (Lipinski definition) is 1. The molecule has 0 amide bonds.